The first-order chi connectivity index (χ1) is 17.5. The highest BCUT2D eigenvalue weighted by Gasteiger charge is 2.22. The minimum atomic E-state index is -0.198. The van der Waals surface area contributed by atoms with Crippen molar-refractivity contribution < 1.29 is 23.7 Å². The van der Waals surface area contributed by atoms with Gasteiger partial charge in [0, 0.05) is 51.8 Å². The van der Waals surface area contributed by atoms with Gasteiger partial charge in [-0.2, -0.15) is 0 Å². The average molecular weight is 511 g/mol. The molecule has 0 saturated carbocycles. The standard InChI is InChI=1S/C25H26N4O6S/c30-23(28-8-6-27(7-9-28)13-16-3-4-19-20(10-16)33-14-32-19)2-1-5-29-24(31)17-11-21-22(35-15-34-21)12-18(17)26-25(29)36/h3-4,10-12H,1-2,5-9,13-15H2,(H,26,36). The van der Waals surface area contributed by atoms with Crippen molar-refractivity contribution >= 4 is 29.0 Å². The molecule has 1 amide bonds. The zero-order valence-corrected chi connectivity index (χ0v) is 20.5. The number of amides is 1. The fourth-order valence-electron chi connectivity index (χ4n) is 4.85. The van der Waals surface area contributed by atoms with Crippen molar-refractivity contribution in [3.05, 3.63) is 51.0 Å². The fraction of sp³-hybridized carbons (Fsp3) is 0.400. The number of piperazine rings is 1. The summed E-state index contributed by atoms with van der Waals surface area (Å²) in [5.74, 6) is 2.81. The molecule has 188 valence electrons. The summed E-state index contributed by atoms with van der Waals surface area (Å²) >= 11 is 5.41. The number of H-pyrrole nitrogens is 1. The van der Waals surface area contributed by atoms with Gasteiger partial charge >= 0.3 is 0 Å². The molecule has 1 saturated heterocycles. The van der Waals surface area contributed by atoms with Crippen LogP contribution in [0, 0.1) is 4.77 Å². The second-order valence-corrected chi connectivity index (χ2v) is 9.47. The van der Waals surface area contributed by atoms with Gasteiger partial charge in [0.2, 0.25) is 19.5 Å². The molecule has 1 fully saturated rings. The van der Waals surface area contributed by atoms with Gasteiger partial charge in [-0.05, 0) is 42.4 Å². The maximum absolute atomic E-state index is 13.0. The molecular formula is C25H26N4O6S. The van der Waals surface area contributed by atoms with E-state index in [2.05, 4.69) is 16.0 Å². The molecule has 3 aromatic rings. The van der Waals surface area contributed by atoms with Crippen LogP contribution in [0.1, 0.15) is 18.4 Å². The Morgan fingerprint density at radius 2 is 1.61 bits per heavy atom. The second kappa shape index (κ2) is 9.47. The minimum absolute atomic E-state index is 0.102. The number of ether oxygens (including phenoxy) is 4. The molecule has 36 heavy (non-hydrogen) atoms. The Bertz CT molecular complexity index is 1440. The molecule has 6 rings (SSSR count). The molecular weight excluding hydrogens is 484 g/mol. The monoisotopic (exact) mass is 510 g/mol. The van der Waals surface area contributed by atoms with Gasteiger partial charge in [-0.25, -0.2) is 0 Å². The number of nitrogens with one attached hydrogen (secondary N) is 1. The number of carbonyl (C=O) groups is 1. The van der Waals surface area contributed by atoms with Crippen LogP contribution in [0.15, 0.2) is 35.1 Å². The van der Waals surface area contributed by atoms with Crippen molar-refractivity contribution in [2.45, 2.75) is 25.9 Å². The van der Waals surface area contributed by atoms with Crippen LogP contribution in [0.5, 0.6) is 23.0 Å². The minimum Gasteiger partial charge on any atom is -0.454 e. The number of aromatic nitrogens is 2. The number of carbonyl (C=O) groups excluding carboxylic acids is 1. The fourth-order valence-corrected chi connectivity index (χ4v) is 5.13. The lowest BCUT2D eigenvalue weighted by Gasteiger charge is -2.34. The highest BCUT2D eigenvalue weighted by Crippen LogP contribution is 2.34. The van der Waals surface area contributed by atoms with Gasteiger partial charge in [0.1, 0.15) is 0 Å². The molecule has 4 heterocycles. The molecule has 0 radical (unpaired) electrons. The predicted octanol–water partition coefficient (Wildman–Crippen LogP) is 2.64. The summed E-state index contributed by atoms with van der Waals surface area (Å²) in [5.41, 5.74) is 1.58. The molecule has 1 N–H and O–H groups in total. The van der Waals surface area contributed by atoms with E-state index in [4.69, 9.17) is 31.2 Å². The molecule has 1 aromatic heterocycles. The largest absolute Gasteiger partial charge is 0.454 e. The van der Waals surface area contributed by atoms with Crippen LogP contribution in [-0.4, -0.2) is 65.0 Å². The third-order valence-electron chi connectivity index (χ3n) is 6.82. The first kappa shape index (κ1) is 22.9. The number of aromatic amines is 1. The third-order valence-corrected chi connectivity index (χ3v) is 7.14. The van der Waals surface area contributed by atoms with Crippen LogP contribution in [0.3, 0.4) is 0 Å². The summed E-state index contributed by atoms with van der Waals surface area (Å²) in [5, 5.41) is 0.484. The lowest BCUT2D eigenvalue weighted by Crippen LogP contribution is -2.48. The maximum atomic E-state index is 13.0. The molecule has 3 aliphatic rings. The maximum Gasteiger partial charge on any atom is 0.262 e. The average Bonchev–Trinajstić information content (AvgIpc) is 3.54. The SMILES string of the molecule is O=C(CCCn1c(=S)[nH]c2cc3c(cc2c1=O)OCO3)N1CCN(Cc2ccc3c(c2)OCO3)CC1. The van der Waals surface area contributed by atoms with E-state index in [1.807, 2.05) is 17.0 Å². The zero-order valence-electron chi connectivity index (χ0n) is 19.7. The number of benzene rings is 2. The van der Waals surface area contributed by atoms with Crippen molar-refractivity contribution in [2.24, 2.45) is 0 Å². The van der Waals surface area contributed by atoms with E-state index in [9.17, 15) is 9.59 Å². The quantitative estimate of drug-likeness (QED) is 0.506. The summed E-state index contributed by atoms with van der Waals surface area (Å²) in [6.07, 6.45) is 0.895. The van der Waals surface area contributed by atoms with Crippen molar-refractivity contribution in [1.82, 2.24) is 19.4 Å². The van der Waals surface area contributed by atoms with Crippen LogP contribution >= 0.6 is 12.2 Å². The Hall–Kier alpha value is -3.57. The van der Waals surface area contributed by atoms with Gasteiger partial charge in [-0.3, -0.25) is 19.1 Å². The summed E-state index contributed by atoms with van der Waals surface area (Å²) in [7, 11) is 0. The Kier molecular flexibility index (Phi) is 6.02. The van der Waals surface area contributed by atoms with E-state index in [0.717, 1.165) is 31.1 Å². The molecule has 0 atom stereocenters. The second-order valence-electron chi connectivity index (χ2n) is 9.09. The number of rotatable bonds is 6. The van der Waals surface area contributed by atoms with Crippen molar-refractivity contribution in [2.75, 3.05) is 39.8 Å². The zero-order chi connectivity index (χ0) is 24.6. The number of hydrogen-bond acceptors (Lipinski definition) is 8. The number of fused-ring (bicyclic) bond motifs is 3. The summed E-state index contributed by atoms with van der Waals surface area (Å²) in [6, 6.07) is 9.43. The lowest BCUT2D eigenvalue weighted by molar-refractivity contribution is -0.133. The van der Waals surface area contributed by atoms with Gasteiger partial charge in [0.15, 0.2) is 27.8 Å². The van der Waals surface area contributed by atoms with E-state index in [1.54, 1.807) is 12.1 Å². The highest BCUT2D eigenvalue weighted by molar-refractivity contribution is 7.71. The van der Waals surface area contributed by atoms with Gasteiger partial charge in [-0.15, -0.1) is 0 Å². The summed E-state index contributed by atoms with van der Waals surface area (Å²) in [4.78, 5) is 33.2. The first-order valence-corrected chi connectivity index (χ1v) is 12.4. The molecule has 2 aromatic carbocycles. The Morgan fingerprint density at radius 3 is 2.39 bits per heavy atom. The first-order valence-electron chi connectivity index (χ1n) is 12.0. The molecule has 0 bridgehead atoms. The highest BCUT2D eigenvalue weighted by atomic mass is 32.1. The molecule has 0 spiro atoms. The van der Waals surface area contributed by atoms with Crippen molar-refractivity contribution in [3.63, 3.8) is 0 Å². The van der Waals surface area contributed by atoms with Crippen LogP contribution in [0.4, 0.5) is 0 Å². The smallest absolute Gasteiger partial charge is 0.262 e. The van der Waals surface area contributed by atoms with Crippen LogP contribution in [0.25, 0.3) is 10.9 Å². The van der Waals surface area contributed by atoms with Gasteiger partial charge in [0.05, 0.1) is 10.9 Å². The molecule has 3 aliphatic heterocycles. The van der Waals surface area contributed by atoms with E-state index in [0.29, 0.717) is 59.6 Å². The normalized spacial score (nSPS) is 16.6. The van der Waals surface area contributed by atoms with Crippen LogP contribution in [-0.2, 0) is 17.9 Å². The van der Waals surface area contributed by atoms with E-state index in [1.165, 1.54) is 10.1 Å². The van der Waals surface area contributed by atoms with Crippen LogP contribution in [0.2, 0.25) is 0 Å². The molecule has 10 nitrogen and oxygen atoms in total. The van der Waals surface area contributed by atoms with Gasteiger partial charge in [0.25, 0.3) is 5.56 Å². The summed E-state index contributed by atoms with van der Waals surface area (Å²) < 4.78 is 23.5. The summed E-state index contributed by atoms with van der Waals surface area (Å²) in [6.45, 7) is 4.58. The predicted molar refractivity (Wildman–Crippen MR) is 133 cm³/mol. The Morgan fingerprint density at radius 1 is 0.917 bits per heavy atom. The third kappa shape index (κ3) is 4.40. The molecule has 11 heteroatoms. The number of hydrogen-bond donors (Lipinski definition) is 1. The van der Waals surface area contributed by atoms with Crippen molar-refractivity contribution in [3.8, 4) is 23.0 Å². The van der Waals surface area contributed by atoms with E-state index < -0.39 is 0 Å². The Balaban J connectivity index is 1.02. The van der Waals surface area contributed by atoms with E-state index in [-0.39, 0.29) is 25.1 Å². The Labute approximate surface area is 211 Å². The number of nitrogens with zero attached hydrogens (tertiary/aromatic N) is 3. The van der Waals surface area contributed by atoms with E-state index >= 15 is 0 Å². The lowest BCUT2D eigenvalue weighted by atomic mass is 10.1. The molecule has 0 aliphatic carbocycles. The topological polar surface area (TPSA) is 98.3 Å². The van der Waals surface area contributed by atoms with Gasteiger partial charge < -0.3 is 28.8 Å². The van der Waals surface area contributed by atoms with Crippen molar-refractivity contribution in [1.29, 1.82) is 0 Å². The molecule has 0 unspecified atom stereocenters. The van der Waals surface area contributed by atoms with Crippen LogP contribution < -0.4 is 24.5 Å². The van der Waals surface area contributed by atoms with Gasteiger partial charge in [-0.1, -0.05) is 6.07 Å².